The van der Waals surface area contributed by atoms with Crippen LogP contribution in [0.15, 0.2) is 35.2 Å². The van der Waals surface area contributed by atoms with Gasteiger partial charge in [0, 0.05) is 24.0 Å². The average molecular weight is 526 g/mol. The summed E-state index contributed by atoms with van der Waals surface area (Å²) in [7, 11) is 0. The minimum atomic E-state index is -5.07. The Morgan fingerprint density at radius 3 is 2.47 bits per heavy atom. The van der Waals surface area contributed by atoms with Gasteiger partial charge in [0.05, 0.1) is 16.2 Å². The smallest absolute Gasteiger partial charge is 0.453 e. The Labute approximate surface area is 194 Å². The Kier molecular flexibility index (Phi) is 5.89. The average Bonchev–Trinajstić information content (AvgIpc) is 3.38. The molecule has 0 saturated carbocycles. The van der Waals surface area contributed by atoms with Crippen LogP contribution >= 0.6 is 23.2 Å². The first-order chi connectivity index (χ1) is 15.8. The molecule has 0 atom stereocenters. The Bertz CT molecular complexity index is 1400. The molecular weight excluding hydrogens is 519 g/mol. The lowest BCUT2D eigenvalue weighted by Gasteiger charge is -2.10. The second-order valence-electron chi connectivity index (χ2n) is 6.56. The number of nitrogens with zero attached hydrogens (tertiary/aromatic N) is 5. The third kappa shape index (κ3) is 4.77. The van der Waals surface area contributed by atoms with Crippen LogP contribution in [0.1, 0.15) is 5.69 Å². The van der Waals surface area contributed by atoms with Gasteiger partial charge >= 0.3 is 12.4 Å². The molecule has 0 amide bonds. The van der Waals surface area contributed by atoms with E-state index >= 15 is 0 Å². The van der Waals surface area contributed by atoms with Crippen LogP contribution in [0, 0.1) is 0 Å². The molecule has 178 valence electrons. The van der Waals surface area contributed by atoms with Crippen molar-refractivity contribution < 1.29 is 40.4 Å². The van der Waals surface area contributed by atoms with E-state index in [2.05, 4.69) is 20.1 Å². The van der Waals surface area contributed by atoms with Crippen LogP contribution in [-0.4, -0.2) is 43.1 Å². The van der Waals surface area contributed by atoms with Crippen LogP contribution in [0.4, 0.5) is 26.3 Å². The Hall–Kier alpha value is -3.39. The van der Waals surface area contributed by atoms with Crippen LogP contribution in [0.5, 0.6) is 5.75 Å². The number of imidazole rings is 1. The van der Waals surface area contributed by atoms with Gasteiger partial charge in [0.15, 0.2) is 17.9 Å². The summed E-state index contributed by atoms with van der Waals surface area (Å²) in [6.45, 7) is -1.30. The van der Waals surface area contributed by atoms with E-state index in [4.69, 9.17) is 32.5 Å². The number of Topliss-reactive ketones (excluding diaryl/α,β-unsaturated/α-hetero) is 1. The zero-order chi connectivity index (χ0) is 24.8. The van der Waals surface area contributed by atoms with Crippen LogP contribution in [0.2, 0.25) is 10.0 Å². The van der Waals surface area contributed by atoms with Gasteiger partial charge in [0.2, 0.25) is 5.82 Å². The molecule has 3 heterocycles. The van der Waals surface area contributed by atoms with Crippen LogP contribution in [0.3, 0.4) is 0 Å². The fraction of sp³-hybridized carbons (Fsp3) is 0.167. The van der Waals surface area contributed by atoms with Crippen molar-refractivity contribution in [1.82, 2.24) is 24.5 Å². The largest absolute Gasteiger partial charge is 0.484 e. The van der Waals surface area contributed by atoms with Crippen LogP contribution in [-0.2, 0) is 11.0 Å². The number of hydrogen-bond acceptors (Lipinski definition) is 7. The molecule has 1 aromatic carbocycles. The highest BCUT2D eigenvalue weighted by Crippen LogP contribution is 2.36. The number of rotatable bonds is 5. The van der Waals surface area contributed by atoms with Crippen molar-refractivity contribution in [2.24, 2.45) is 0 Å². The van der Waals surface area contributed by atoms with Gasteiger partial charge in [0.1, 0.15) is 11.4 Å². The van der Waals surface area contributed by atoms with E-state index in [0.717, 1.165) is 22.9 Å². The summed E-state index contributed by atoms with van der Waals surface area (Å²) in [5.74, 6) is -2.68. The van der Waals surface area contributed by atoms with Crippen molar-refractivity contribution >= 4 is 34.6 Å². The highest BCUT2D eigenvalue weighted by atomic mass is 35.5. The monoisotopic (exact) mass is 525 g/mol. The van der Waals surface area contributed by atoms with E-state index in [1.54, 1.807) is 0 Å². The van der Waals surface area contributed by atoms with Crippen molar-refractivity contribution in [3.63, 3.8) is 0 Å². The molecule has 0 aliphatic heterocycles. The number of aromatic nitrogens is 5. The van der Waals surface area contributed by atoms with Gasteiger partial charge in [-0.25, -0.2) is 9.97 Å². The number of alkyl halides is 6. The lowest BCUT2D eigenvalue weighted by atomic mass is 10.2. The summed E-state index contributed by atoms with van der Waals surface area (Å²) in [5.41, 5.74) is -0.914. The molecule has 0 bridgehead atoms. The van der Waals surface area contributed by atoms with E-state index in [1.807, 2.05) is 0 Å². The van der Waals surface area contributed by atoms with E-state index in [1.165, 1.54) is 12.3 Å². The summed E-state index contributed by atoms with van der Waals surface area (Å²) in [5, 5.41) is 3.42. The zero-order valence-corrected chi connectivity index (χ0v) is 17.6. The van der Waals surface area contributed by atoms with E-state index in [9.17, 15) is 31.1 Å². The van der Waals surface area contributed by atoms with Gasteiger partial charge in [-0.1, -0.05) is 28.4 Å². The van der Waals surface area contributed by atoms with Crippen LogP contribution < -0.4 is 4.74 Å². The molecule has 4 rings (SSSR count). The number of ether oxygens (including phenoxy) is 1. The molecule has 4 aromatic rings. The van der Waals surface area contributed by atoms with E-state index < -0.39 is 30.4 Å². The number of ketones is 1. The number of fused-ring (bicyclic) bond motifs is 1. The van der Waals surface area contributed by atoms with E-state index in [0.29, 0.717) is 0 Å². The van der Waals surface area contributed by atoms with Crippen molar-refractivity contribution in [2.45, 2.75) is 12.4 Å². The summed E-state index contributed by atoms with van der Waals surface area (Å²) in [6.07, 6.45) is -6.85. The maximum atomic E-state index is 12.8. The minimum Gasteiger partial charge on any atom is -0.484 e. The second kappa shape index (κ2) is 8.43. The first kappa shape index (κ1) is 23.8. The molecule has 0 aliphatic carbocycles. The lowest BCUT2D eigenvalue weighted by Crippen LogP contribution is -2.28. The van der Waals surface area contributed by atoms with E-state index in [-0.39, 0.29) is 44.4 Å². The van der Waals surface area contributed by atoms with Crippen molar-refractivity contribution in [3.05, 3.63) is 46.5 Å². The molecule has 0 fully saturated rings. The minimum absolute atomic E-state index is 0.0349. The van der Waals surface area contributed by atoms with Crippen molar-refractivity contribution in [2.75, 3.05) is 6.61 Å². The summed E-state index contributed by atoms with van der Waals surface area (Å²) in [6, 6.07) is 2.24. The quantitative estimate of drug-likeness (QED) is 0.327. The molecule has 0 unspecified atom stereocenters. The Morgan fingerprint density at radius 2 is 1.79 bits per heavy atom. The fourth-order valence-corrected chi connectivity index (χ4v) is 3.08. The number of carbonyl (C=O) groups is 1. The van der Waals surface area contributed by atoms with Gasteiger partial charge in [0.25, 0.3) is 11.7 Å². The topological polar surface area (TPSA) is 95.4 Å². The molecule has 0 N–H and O–H groups in total. The molecule has 0 spiro atoms. The SMILES string of the molecule is O=C(COc1cc(Cl)c(-c2noc(-c3cn4cc(C(F)(F)F)ncc4n3)n2)cc1Cl)C(F)(F)F. The van der Waals surface area contributed by atoms with Gasteiger partial charge in [-0.2, -0.15) is 31.3 Å². The standard InChI is InChI=1S/C18H7Cl2F6N5O3/c19-8-2-11(33-6-13(32)18(24,25)26)9(20)1-7(8)15-29-16(34-30-15)10-4-31-5-12(17(21,22)23)27-3-14(31)28-10/h1-5H,6H2. The zero-order valence-electron chi connectivity index (χ0n) is 16.1. The number of hydrogen-bond donors (Lipinski definition) is 0. The van der Waals surface area contributed by atoms with Gasteiger partial charge in [-0.05, 0) is 6.07 Å². The molecule has 8 nitrogen and oxygen atoms in total. The molecule has 0 aliphatic rings. The van der Waals surface area contributed by atoms with Crippen LogP contribution in [0.25, 0.3) is 28.6 Å². The highest BCUT2D eigenvalue weighted by molar-refractivity contribution is 6.36. The fourth-order valence-electron chi connectivity index (χ4n) is 2.62. The third-order valence-corrected chi connectivity index (χ3v) is 4.82. The Morgan fingerprint density at radius 1 is 1.06 bits per heavy atom. The third-order valence-electron chi connectivity index (χ3n) is 4.21. The molecule has 0 saturated heterocycles. The van der Waals surface area contributed by atoms with Crippen molar-refractivity contribution in [3.8, 4) is 28.7 Å². The first-order valence-corrected chi connectivity index (χ1v) is 9.57. The summed E-state index contributed by atoms with van der Waals surface area (Å²) in [4.78, 5) is 22.4. The van der Waals surface area contributed by atoms with Gasteiger partial charge in [-0.15, -0.1) is 0 Å². The van der Waals surface area contributed by atoms with Crippen molar-refractivity contribution in [1.29, 1.82) is 0 Å². The number of halogens is 8. The summed E-state index contributed by atoms with van der Waals surface area (Å²) >= 11 is 12.1. The molecule has 16 heteroatoms. The molecular formula is C18H7Cl2F6N5O3. The van der Waals surface area contributed by atoms with Gasteiger partial charge in [-0.3, -0.25) is 4.79 Å². The highest BCUT2D eigenvalue weighted by Gasteiger charge is 2.38. The number of carbonyl (C=O) groups excluding carboxylic acids is 1. The first-order valence-electron chi connectivity index (χ1n) is 8.81. The maximum Gasteiger partial charge on any atom is 0.453 e. The predicted octanol–water partition coefficient (Wildman–Crippen LogP) is 5.28. The van der Waals surface area contributed by atoms with Gasteiger partial charge < -0.3 is 13.7 Å². The molecule has 0 radical (unpaired) electrons. The predicted molar refractivity (Wildman–Crippen MR) is 103 cm³/mol. The normalized spacial score (nSPS) is 12.4. The number of benzene rings is 1. The maximum absolute atomic E-state index is 12.8. The molecule has 34 heavy (non-hydrogen) atoms. The lowest BCUT2D eigenvalue weighted by molar-refractivity contribution is -0.173. The second-order valence-corrected chi connectivity index (χ2v) is 7.37. The summed E-state index contributed by atoms with van der Waals surface area (Å²) < 4.78 is 86.4. The molecule has 3 aromatic heterocycles. The Balaban J connectivity index is 1.59.